The molecule has 1 aliphatic heterocycles. The number of thioether (sulfide) groups is 1. The minimum absolute atomic E-state index is 0.714. The first kappa shape index (κ1) is 13.1. The number of nitrogens with one attached hydrogen (secondary N) is 2. The van der Waals surface area contributed by atoms with Crippen LogP contribution in [0.4, 0.5) is 0 Å². The molecule has 0 aliphatic carbocycles. The van der Waals surface area contributed by atoms with Crippen LogP contribution in [0.25, 0.3) is 10.9 Å². The molecule has 1 aromatic carbocycles. The van der Waals surface area contributed by atoms with Crippen molar-refractivity contribution in [2.75, 3.05) is 11.5 Å². The Balaban J connectivity index is 1.72. The van der Waals surface area contributed by atoms with E-state index in [4.69, 9.17) is 0 Å². The smallest absolute Gasteiger partial charge is 0.0458 e. The zero-order valence-electron chi connectivity index (χ0n) is 11.8. The average molecular weight is 274 g/mol. The molecular weight excluding hydrogens is 252 g/mol. The Bertz CT molecular complexity index is 567. The molecule has 0 radical (unpaired) electrons. The molecule has 2 nitrogen and oxygen atoms in total. The van der Waals surface area contributed by atoms with Crippen molar-refractivity contribution in [2.45, 2.75) is 39.3 Å². The van der Waals surface area contributed by atoms with Gasteiger partial charge in [0.25, 0.3) is 0 Å². The van der Waals surface area contributed by atoms with Gasteiger partial charge in [-0.15, -0.1) is 0 Å². The van der Waals surface area contributed by atoms with Crippen LogP contribution in [0.2, 0.25) is 0 Å². The molecule has 0 saturated carbocycles. The monoisotopic (exact) mass is 274 g/mol. The van der Waals surface area contributed by atoms with Gasteiger partial charge in [-0.3, -0.25) is 0 Å². The van der Waals surface area contributed by atoms with Gasteiger partial charge in [0, 0.05) is 29.2 Å². The molecule has 2 aromatic rings. The van der Waals surface area contributed by atoms with Gasteiger partial charge in [-0.2, -0.15) is 11.8 Å². The Labute approximate surface area is 119 Å². The van der Waals surface area contributed by atoms with Crippen molar-refractivity contribution in [1.82, 2.24) is 10.3 Å². The van der Waals surface area contributed by atoms with Crippen molar-refractivity contribution >= 4 is 22.7 Å². The average Bonchev–Trinajstić information content (AvgIpc) is 2.73. The first-order chi connectivity index (χ1) is 9.24. The molecule has 102 valence electrons. The molecular formula is C16H22N2S. The van der Waals surface area contributed by atoms with Crippen LogP contribution in [0, 0.1) is 13.8 Å². The fraction of sp³-hybridized carbons (Fsp3) is 0.500. The Kier molecular flexibility index (Phi) is 3.85. The van der Waals surface area contributed by atoms with Gasteiger partial charge < -0.3 is 10.3 Å². The van der Waals surface area contributed by atoms with Crippen LogP contribution in [-0.4, -0.2) is 22.5 Å². The predicted molar refractivity (Wildman–Crippen MR) is 85.0 cm³/mol. The molecule has 2 N–H and O–H groups in total. The number of hydrogen-bond donors (Lipinski definition) is 2. The van der Waals surface area contributed by atoms with E-state index in [0.29, 0.717) is 6.04 Å². The van der Waals surface area contributed by atoms with Crippen LogP contribution in [0.1, 0.15) is 29.7 Å². The molecule has 0 unspecified atom stereocenters. The van der Waals surface area contributed by atoms with E-state index in [1.54, 1.807) is 0 Å². The highest BCUT2D eigenvalue weighted by molar-refractivity contribution is 7.99. The number of aryl methyl sites for hydroxylation is 2. The maximum absolute atomic E-state index is 3.71. The first-order valence-electron chi connectivity index (χ1n) is 7.13. The maximum Gasteiger partial charge on any atom is 0.0458 e. The van der Waals surface area contributed by atoms with Crippen molar-refractivity contribution in [3.63, 3.8) is 0 Å². The lowest BCUT2D eigenvalue weighted by Crippen LogP contribution is -2.31. The van der Waals surface area contributed by atoms with Crippen molar-refractivity contribution < 1.29 is 0 Å². The van der Waals surface area contributed by atoms with Gasteiger partial charge in [-0.1, -0.05) is 6.07 Å². The normalized spacial score (nSPS) is 17.2. The van der Waals surface area contributed by atoms with Gasteiger partial charge in [0.1, 0.15) is 0 Å². The molecule has 0 atom stereocenters. The van der Waals surface area contributed by atoms with Gasteiger partial charge in [0.2, 0.25) is 0 Å². The number of fused-ring (bicyclic) bond motifs is 1. The summed E-state index contributed by atoms with van der Waals surface area (Å²) in [5, 5.41) is 5.08. The third-order valence-electron chi connectivity index (χ3n) is 4.19. The summed E-state index contributed by atoms with van der Waals surface area (Å²) in [5.74, 6) is 2.62. The highest BCUT2D eigenvalue weighted by atomic mass is 32.2. The lowest BCUT2D eigenvalue weighted by atomic mass is 10.1. The highest BCUT2D eigenvalue weighted by Crippen LogP contribution is 2.23. The Hall–Kier alpha value is -0.930. The minimum atomic E-state index is 0.714. The number of hydrogen-bond acceptors (Lipinski definition) is 2. The second kappa shape index (κ2) is 5.59. The van der Waals surface area contributed by atoms with Crippen LogP contribution < -0.4 is 5.32 Å². The zero-order chi connectivity index (χ0) is 13.2. The molecule has 19 heavy (non-hydrogen) atoms. The van der Waals surface area contributed by atoms with Crippen LogP contribution in [0.15, 0.2) is 18.2 Å². The summed E-state index contributed by atoms with van der Waals surface area (Å²) in [4.78, 5) is 3.44. The van der Waals surface area contributed by atoms with E-state index >= 15 is 0 Å². The van der Waals surface area contributed by atoms with E-state index in [9.17, 15) is 0 Å². The van der Waals surface area contributed by atoms with Gasteiger partial charge in [0.15, 0.2) is 0 Å². The van der Waals surface area contributed by atoms with Crippen LogP contribution in [-0.2, 0) is 6.54 Å². The third kappa shape index (κ3) is 2.82. The second-order valence-electron chi connectivity index (χ2n) is 5.52. The highest BCUT2D eigenvalue weighted by Gasteiger charge is 2.13. The summed E-state index contributed by atoms with van der Waals surface area (Å²) in [7, 11) is 0. The topological polar surface area (TPSA) is 27.8 Å². The van der Waals surface area contributed by atoms with E-state index in [0.717, 1.165) is 6.54 Å². The molecule has 1 aliphatic rings. The second-order valence-corrected chi connectivity index (χ2v) is 6.75. The number of rotatable bonds is 3. The molecule has 1 aromatic heterocycles. The summed E-state index contributed by atoms with van der Waals surface area (Å²) >= 11 is 2.08. The third-order valence-corrected chi connectivity index (χ3v) is 5.24. The van der Waals surface area contributed by atoms with Crippen molar-refractivity contribution in [3.8, 4) is 0 Å². The number of aromatic amines is 1. The van der Waals surface area contributed by atoms with Crippen molar-refractivity contribution in [1.29, 1.82) is 0 Å². The SMILES string of the molecule is Cc1[nH]c2ccc(CNC3CCSCC3)cc2c1C. The quantitative estimate of drug-likeness (QED) is 0.891. The number of H-pyrrole nitrogens is 1. The maximum atomic E-state index is 3.71. The summed E-state index contributed by atoms with van der Waals surface area (Å²) in [5.41, 5.74) is 5.32. The lowest BCUT2D eigenvalue weighted by molar-refractivity contribution is 0.482. The Morgan fingerprint density at radius 2 is 2.05 bits per heavy atom. The fourth-order valence-corrected chi connectivity index (χ4v) is 3.89. The van der Waals surface area contributed by atoms with Crippen LogP contribution in [0.3, 0.4) is 0 Å². The van der Waals surface area contributed by atoms with E-state index in [2.05, 4.69) is 54.1 Å². The number of benzene rings is 1. The van der Waals surface area contributed by atoms with Crippen molar-refractivity contribution in [3.05, 3.63) is 35.0 Å². The molecule has 3 rings (SSSR count). The fourth-order valence-electron chi connectivity index (χ4n) is 2.78. The van der Waals surface area contributed by atoms with Gasteiger partial charge in [-0.05, 0) is 61.5 Å². The lowest BCUT2D eigenvalue weighted by Gasteiger charge is -2.22. The van der Waals surface area contributed by atoms with E-state index in [-0.39, 0.29) is 0 Å². The molecule has 2 heterocycles. The van der Waals surface area contributed by atoms with Gasteiger partial charge >= 0.3 is 0 Å². The summed E-state index contributed by atoms with van der Waals surface area (Å²) in [6, 6.07) is 7.50. The Morgan fingerprint density at radius 3 is 2.84 bits per heavy atom. The zero-order valence-corrected chi connectivity index (χ0v) is 12.6. The summed E-state index contributed by atoms with van der Waals surface area (Å²) < 4.78 is 0. The standard InChI is InChI=1S/C16H22N2S/c1-11-12(2)18-16-4-3-13(9-15(11)16)10-17-14-5-7-19-8-6-14/h3-4,9,14,17-18H,5-8,10H2,1-2H3. The number of aromatic nitrogens is 1. The summed E-state index contributed by atoms with van der Waals surface area (Å²) in [6.45, 7) is 5.34. The molecule has 3 heteroatoms. The summed E-state index contributed by atoms with van der Waals surface area (Å²) in [6.07, 6.45) is 2.63. The molecule has 1 saturated heterocycles. The van der Waals surface area contributed by atoms with Gasteiger partial charge in [-0.25, -0.2) is 0 Å². The van der Waals surface area contributed by atoms with Gasteiger partial charge in [0.05, 0.1) is 0 Å². The van der Waals surface area contributed by atoms with E-state index in [1.807, 2.05) is 0 Å². The Morgan fingerprint density at radius 1 is 1.26 bits per heavy atom. The molecule has 0 amide bonds. The van der Waals surface area contributed by atoms with Crippen LogP contribution in [0.5, 0.6) is 0 Å². The first-order valence-corrected chi connectivity index (χ1v) is 8.28. The molecule has 1 fully saturated rings. The van der Waals surface area contributed by atoms with E-state index in [1.165, 1.54) is 52.1 Å². The molecule has 0 bridgehead atoms. The largest absolute Gasteiger partial charge is 0.358 e. The van der Waals surface area contributed by atoms with Crippen LogP contribution >= 0.6 is 11.8 Å². The molecule has 0 spiro atoms. The predicted octanol–water partition coefficient (Wildman–Crippen LogP) is 3.77. The minimum Gasteiger partial charge on any atom is -0.358 e. The van der Waals surface area contributed by atoms with E-state index < -0.39 is 0 Å². The van der Waals surface area contributed by atoms with Crippen molar-refractivity contribution in [2.24, 2.45) is 0 Å².